The van der Waals surface area contributed by atoms with Gasteiger partial charge in [-0.15, -0.1) is 0 Å². The molecular weight excluding hydrogens is 214 g/mol. The van der Waals surface area contributed by atoms with Crippen molar-refractivity contribution in [1.29, 1.82) is 0 Å². The average molecular weight is 241 g/mol. The van der Waals surface area contributed by atoms with E-state index in [2.05, 4.69) is 30.7 Å². The lowest BCUT2D eigenvalue weighted by atomic mass is 9.91. The van der Waals surface area contributed by atoms with E-state index in [0.717, 1.165) is 39.3 Å². The second kappa shape index (κ2) is 5.22. The molecule has 3 atom stereocenters. The quantitative estimate of drug-likeness (QED) is 0.782. The third kappa shape index (κ3) is 2.36. The number of nitrogens with two attached hydrogens (primary N) is 1. The zero-order chi connectivity index (χ0) is 12.5. The Morgan fingerprint density at radius 1 is 1.47 bits per heavy atom. The average Bonchev–Trinajstić information content (AvgIpc) is 2.66. The molecule has 4 nitrogen and oxygen atoms in total. The summed E-state index contributed by atoms with van der Waals surface area (Å²) in [6.07, 6.45) is 2.34. The number of rotatable bonds is 3. The molecule has 2 heterocycles. The molecule has 0 spiro atoms. The first-order chi connectivity index (χ1) is 8.13. The van der Waals surface area contributed by atoms with E-state index < -0.39 is 0 Å². The van der Waals surface area contributed by atoms with Gasteiger partial charge in [-0.3, -0.25) is 4.90 Å². The molecule has 2 aliphatic rings. The molecule has 2 aliphatic heterocycles. The normalized spacial score (nSPS) is 40.9. The second-order valence-corrected chi connectivity index (χ2v) is 5.73. The summed E-state index contributed by atoms with van der Waals surface area (Å²) in [7, 11) is 2.21. The highest BCUT2D eigenvalue weighted by Gasteiger charge is 2.46. The molecule has 0 bridgehead atoms. The van der Waals surface area contributed by atoms with E-state index in [4.69, 9.17) is 10.5 Å². The van der Waals surface area contributed by atoms with Crippen LogP contribution < -0.4 is 5.73 Å². The summed E-state index contributed by atoms with van der Waals surface area (Å²) in [6.45, 7) is 9.18. The van der Waals surface area contributed by atoms with Gasteiger partial charge in [0.15, 0.2) is 0 Å². The van der Waals surface area contributed by atoms with E-state index in [1.54, 1.807) is 0 Å². The lowest BCUT2D eigenvalue weighted by molar-refractivity contribution is -0.0603. The minimum atomic E-state index is 0.179. The van der Waals surface area contributed by atoms with Gasteiger partial charge in [0.25, 0.3) is 0 Å². The highest BCUT2D eigenvalue weighted by molar-refractivity contribution is 5.04. The first kappa shape index (κ1) is 13.3. The monoisotopic (exact) mass is 241 g/mol. The number of likely N-dealkylation sites (tertiary alicyclic amines) is 1. The van der Waals surface area contributed by atoms with Gasteiger partial charge in [0.05, 0.1) is 13.2 Å². The molecule has 17 heavy (non-hydrogen) atoms. The predicted octanol–water partition coefficient (Wildman–Crippen LogP) is 0.519. The number of hydrogen-bond acceptors (Lipinski definition) is 4. The highest BCUT2D eigenvalue weighted by atomic mass is 16.5. The molecule has 0 aromatic carbocycles. The van der Waals surface area contributed by atoms with Crippen LogP contribution in [0.5, 0.6) is 0 Å². The van der Waals surface area contributed by atoms with Gasteiger partial charge in [0.1, 0.15) is 0 Å². The zero-order valence-electron chi connectivity index (χ0n) is 11.5. The van der Waals surface area contributed by atoms with Crippen molar-refractivity contribution in [3.63, 3.8) is 0 Å². The van der Waals surface area contributed by atoms with Gasteiger partial charge in [-0.2, -0.15) is 0 Å². The van der Waals surface area contributed by atoms with Gasteiger partial charge in [-0.25, -0.2) is 0 Å². The smallest absolute Gasteiger partial charge is 0.0622 e. The van der Waals surface area contributed by atoms with E-state index in [1.165, 1.54) is 6.42 Å². The molecule has 0 radical (unpaired) electrons. The van der Waals surface area contributed by atoms with Crippen molar-refractivity contribution in [2.75, 3.05) is 39.9 Å². The Kier molecular flexibility index (Phi) is 4.08. The summed E-state index contributed by atoms with van der Waals surface area (Å²) in [6, 6.07) is 1.19. The molecule has 0 saturated carbocycles. The Labute approximate surface area is 105 Å². The fraction of sp³-hybridized carbons (Fsp3) is 1.00. The van der Waals surface area contributed by atoms with Crippen molar-refractivity contribution < 1.29 is 4.74 Å². The van der Waals surface area contributed by atoms with E-state index in [1.807, 2.05) is 0 Å². The van der Waals surface area contributed by atoms with E-state index >= 15 is 0 Å². The van der Waals surface area contributed by atoms with Crippen LogP contribution in [0.3, 0.4) is 0 Å². The Hall–Kier alpha value is -0.160. The van der Waals surface area contributed by atoms with Crippen molar-refractivity contribution in [2.45, 2.75) is 44.3 Å². The number of ether oxygens (including phenoxy) is 1. The van der Waals surface area contributed by atoms with E-state index in [-0.39, 0.29) is 5.54 Å². The SMILES string of the molecule is CCC1COCCN1C1(CN)CC(C)N(C)C1. The Bertz CT molecular complexity index is 249. The summed E-state index contributed by atoms with van der Waals surface area (Å²) in [5.74, 6) is 0. The summed E-state index contributed by atoms with van der Waals surface area (Å²) >= 11 is 0. The summed E-state index contributed by atoms with van der Waals surface area (Å²) in [5, 5.41) is 0. The fourth-order valence-electron chi connectivity index (χ4n) is 3.48. The highest BCUT2D eigenvalue weighted by Crippen LogP contribution is 2.33. The number of morpholine rings is 1. The fourth-order valence-corrected chi connectivity index (χ4v) is 3.48. The zero-order valence-corrected chi connectivity index (χ0v) is 11.5. The van der Waals surface area contributed by atoms with Crippen molar-refractivity contribution in [3.8, 4) is 0 Å². The lowest BCUT2D eigenvalue weighted by Gasteiger charge is -2.47. The summed E-state index contributed by atoms with van der Waals surface area (Å²) in [4.78, 5) is 5.07. The molecule has 2 rings (SSSR count). The Morgan fingerprint density at radius 2 is 2.24 bits per heavy atom. The first-order valence-corrected chi connectivity index (χ1v) is 6.88. The Balaban J connectivity index is 2.16. The summed E-state index contributed by atoms with van der Waals surface area (Å²) in [5.41, 5.74) is 6.31. The third-order valence-electron chi connectivity index (χ3n) is 4.66. The maximum Gasteiger partial charge on any atom is 0.0622 e. The molecule has 100 valence electrons. The van der Waals surface area contributed by atoms with Crippen LogP contribution in [0.2, 0.25) is 0 Å². The molecule has 0 aromatic heterocycles. The van der Waals surface area contributed by atoms with Crippen LogP contribution in [0.25, 0.3) is 0 Å². The van der Waals surface area contributed by atoms with E-state index in [0.29, 0.717) is 12.1 Å². The van der Waals surface area contributed by atoms with E-state index in [9.17, 15) is 0 Å². The van der Waals surface area contributed by atoms with Crippen LogP contribution in [0.1, 0.15) is 26.7 Å². The van der Waals surface area contributed by atoms with Crippen molar-refractivity contribution in [2.24, 2.45) is 5.73 Å². The third-order valence-corrected chi connectivity index (χ3v) is 4.66. The van der Waals surface area contributed by atoms with Crippen LogP contribution in [0.15, 0.2) is 0 Å². The molecular formula is C13H27N3O. The first-order valence-electron chi connectivity index (χ1n) is 6.88. The molecule has 0 amide bonds. The minimum absolute atomic E-state index is 0.179. The van der Waals surface area contributed by atoms with Gasteiger partial charge in [0, 0.05) is 37.3 Å². The van der Waals surface area contributed by atoms with Gasteiger partial charge in [-0.05, 0) is 26.8 Å². The molecule has 3 unspecified atom stereocenters. The second-order valence-electron chi connectivity index (χ2n) is 5.73. The molecule has 2 saturated heterocycles. The van der Waals surface area contributed by atoms with Crippen LogP contribution in [-0.2, 0) is 4.74 Å². The number of hydrogen-bond donors (Lipinski definition) is 1. The molecule has 0 aliphatic carbocycles. The van der Waals surface area contributed by atoms with Crippen LogP contribution >= 0.6 is 0 Å². The molecule has 2 N–H and O–H groups in total. The number of likely N-dealkylation sites (N-methyl/N-ethyl adjacent to an activating group) is 1. The van der Waals surface area contributed by atoms with Gasteiger partial charge in [0.2, 0.25) is 0 Å². The Morgan fingerprint density at radius 3 is 2.76 bits per heavy atom. The predicted molar refractivity (Wildman–Crippen MR) is 70.1 cm³/mol. The van der Waals surface area contributed by atoms with Crippen LogP contribution in [0.4, 0.5) is 0 Å². The summed E-state index contributed by atoms with van der Waals surface area (Å²) < 4.78 is 5.61. The maximum atomic E-state index is 6.13. The van der Waals surface area contributed by atoms with Crippen molar-refractivity contribution in [3.05, 3.63) is 0 Å². The minimum Gasteiger partial charge on any atom is -0.378 e. The van der Waals surface area contributed by atoms with Gasteiger partial charge in [-0.1, -0.05) is 6.92 Å². The molecule has 0 aromatic rings. The van der Waals surface area contributed by atoms with Gasteiger partial charge < -0.3 is 15.4 Å². The number of nitrogens with zero attached hydrogens (tertiary/aromatic N) is 2. The van der Waals surface area contributed by atoms with Crippen LogP contribution in [0, 0.1) is 0 Å². The van der Waals surface area contributed by atoms with Gasteiger partial charge >= 0.3 is 0 Å². The maximum absolute atomic E-state index is 6.13. The van der Waals surface area contributed by atoms with Crippen molar-refractivity contribution in [1.82, 2.24) is 9.80 Å². The topological polar surface area (TPSA) is 41.7 Å². The molecule has 2 fully saturated rings. The standard InChI is InChI=1S/C13H27N3O/c1-4-12-8-17-6-5-16(12)13(9-14)7-11(2)15(3)10-13/h11-12H,4-10,14H2,1-3H3. The largest absolute Gasteiger partial charge is 0.378 e. The van der Waals surface area contributed by atoms with Crippen molar-refractivity contribution >= 4 is 0 Å². The lowest BCUT2D eigenvalue weighted by Crippen LogP contribution is -2.62. The van der Waals surface area contributed by atoms with Crippen LogP contribution in [-0.4, -0.2) is 67.3 Å². The molecule has 4 heteroatoms.